The monoisotopic (exact) mass is 465 g/mol. The Labute approximate surface area is 181 Å². The van der Waals surface area contributed by atoms with Crippen LogP contribution < -0.4 is 14.8 Å². The maximum atomic E-state index is 14.6. The normalized spacial score (nSPS) is 14.8. The lowest BCUT2D eigenvalue weighted by atomic mass is 10.0. The largest absolute Gasteiger partial charge is 0.494 e. The van der Waals surface area contributed by atoms with Crippen LogP contribution >= 0.6 is 11.6 Å². The minimum Gasteiger partial charge on any atom is -0.494 e. The summed E-state index contributed by atoms with van der Waals surface area (Å²) in [7, 11) is -3.28. The van der Waals surface area contributed by atoms with Crippen LogP contribution in [0.5, 0.6) is 5.75 Å². The first kappa shape index (κ1) is 21.0. The SMILES string of the molecule is COc1c(Cl)cc2cc1S(=O)(=O)Nc1cc(c(F)cc1F)-c1cccnc1CNC2=O. The summed E-state index contributed by atoms with van der Waals surface area (Å²) < 4.78 is 62.3. The van der Waals surface area contributed by atoms with Gasteiger partial charge in [-0.1, -0.05) is 17.7 Å². The van der Waals surface area contributed by atoms with Gasteiger partial charge in [-0.05, 0) is 24.3 Å². The number of nitrogens with zero attached hydrogens (tertiary/aromatic N) is 1. The van der Waals surface area contributed by atoms with Crippen molar-refractivity contribution in [3.05, 3.63) is 70.5 Å². The second-order valence-corrected chi connectivity index (χ2v) is 8.65. The van der Waals surface area contributed by atoms with E-state index >= 15 is 0 Å². The third-order valence-electron chi connectivity index (χ3n) is 4.66. The molecule has 0 unspecified atom stereocenters. The van der Waals surface area contributed by atoms with Crippen LogP contribution in [0.3, 0.4) is 0 Å². The van der Waals surface area contributed by atoms with Gasteiger partial charge in [0.25, 0.3) is 15.9 Å². The number of halogens is 3. The Kier molecular flexibility index (Phi) is 5.28. The highest BCUT2D eigenvalue weighted by Crippen LogP contribution is 2.36. The molecular formula is C20H14ClF2N3O4S. The smallest absolute Gasteiger partial charge is 0.265 e. The van der Waals surface area contributed by atoms with E-state index in [1.54, 1.807) is 6.07 Å². The fraction of sp³-hybridized carbons (Fsp3) is 0.100. The average molecular weight is 466 g/mol. The molecule has 31 heavy (non-hydrogen) atoms. The van der Waals surface area contributed by atoms with Crippen molar-refractivity contribution in [1.82, 2.24) is 10.3 Å². The van der Waals surface area contributed by atoms with Crippen LogP contribution in [0.1, 0.15) is 16.1 Å². The zero-order valence-corrected chi connectivity index (χ0v) is 17.4. The highest BCUT2D eigenvalue weighted by atomic mass is 35.5. The number of anilines is 1. The van der Waals surface area contributed by atoms with E-state index in [1.165, 1.54) is 25.4 Å². The highest BCUT2D eigenvalue weighted by Gasteiger charge is 2.27. The number of hydrogen-bond acceptors (Lipinski definition) is 5. The van der Waals surface area contributed by atoms with Crippen LogP contribution in [0.4, 0.5) is 14.5 Å². The number of amides is 1. The van der Waals surface area contributed by atoms with Crippen LogP contribution in [-0.2, 0) is 16.6 Å². The molecule has 4 bridgehead atoms. The van der Waals surface area contributed by atoms with Crippen LogP contribution in [-0.4, -0.2) is 26.4 Å². The first-order valence-corrected chi connectivity index (χ1v) is 10.7. The lowest BCUT2D eigenvalue weighted by Gasteiger charge is -2.15. The van der Waals surface area contributed by atoms with Gasteiger partial charge >= 0.3 is 0 Å². The van der Waals surface area contributed by atoms with Gasteiger partial charge in [-0.15, -0.1) is 0 Å². The summed E-state index contributed by atoms with van der Waals surface area (Å²) in [5, 5.41) is 2.47. The molecule has 0 spiro atoms. The fourth-order valence-corrected chi connectivity index (χ4v) is 4.85. The Bertz CT molecular complexity index is 1330. The number of fused-ring (bicyclic) bond motifs is 6. The molecule has 2 N–H and O–H groups in total. The fourth-order valence-electron chi connectivity index (χ4n) is 3.22. The molecule has 1 aliphatic heterocycles. The van der Waals surface area contributed by atoms with Crippen molar-refractivity contribution in [1.29, 1.82) is 0 Å². The standard InChI is InChI=1S/C20H14ClF2N3O4S/c1-30-19-13(21)5-10-6-18(19)31(28,29)26-16-7-12(14(22)8-15(16)23)11-3-2-4-24-17(11)9-25-20(10)27/h2-8,26H,9H2,1H3,(H,25,27). The van der Waals surface area contributed by atoms with E-state index in [2.05, 4.69) is 15.0 Å². The lowest BCUT2D eigenvalue weighted by Crippen LogP contribution is -2.24. The number of carbonyl (C=O) groups is 1. The number of methoxy groups -OCH3 is 1. The Hall–Kier alpha value is -3.24. The molecule has 0 saturated carbocycles. The van der Waals surface area contributed by atoms with Crippen molar-refractivity contribution < 1.29 is 26.7 Å². The van der Waals surface area contributed by atoms with E-state index in [4.69, 9.17) is 16.3 Å². The van der Waals surface area contributed by atoms with Crippen LogP contribution in [0.2, 0.25) is 5.02 Å². The van der Waals surface area contributed by atoms with Gasteiger partial charge in [-0.3, -0.25) is 14.5 Å². The second-order valence-electron chi connectivity index (χ2n) is 6.59. The van der Waals surface area contributed by atoms with Crippen molar-refractivity contribution in [3.63, 3.8) is 0 Å². The summed E-state index contributed by atoms with van der Waals surface area (Å²) in [6.45, 7) is -0.0969. The predicted octanol–water partition coefficient (Wildman–Crippen LogP) is 3.73. The van der Waals surface area contributed by atoms with Crippen LogP contribution in [0.15, 0.2) is 47.5 Å². The number of pyridine rings is 1. The third-order valence-corrected chi connectivity index (χ3v) is 6.31. The Morgan fingerprint density at radius 1 is 1.13 bits per heavy atom. The molecule has 0 saturated heterocycles. The topological polar surface area (TPSA) is 97.4 Å². The number of rotatable bonds is 1. The average Bonchev–Trinajstić information content (AvgIpc) is 2.73. The predicted molar refractivity (Wildman–Crippen MR) is 110 cm³/mol. The summed E-state index contributed by atoms with van der Waals surface area (Å²) in [5.74, 6) is -2.92. The van der Waals surface area contributed by atoms with Crippen molar-refractivity contribution in [2.24, 2.45) is 0 Å². The van der Waals surface area contributed by atoms with E-state index < -0.39 is 38.1 Å². The van der Waals surface area contributed by atoms with Crippen molar-refractivity contribution >= 4 is 33.2 Å². The summed E-state index contributed by atoms with van der Waals surface area (Å²) in [4.78, 5) is 16.4. The van der Waals surface area contributed by atoms with Crippen LogP contribution in [0.25, 0.3) is 11.1 Å². The van der Waals surface area contributed by atoms with Gasteiger partial charge in [0.1, 0.15) is 16.5 Å². The number of hydrogen-bond donors (Lipinski definition) is 2. The Morgan fingerprint density at radius 2 is 1.90 bits per heavy atom. The molecule has 0 fully saturated rings. The van der Waals surface area contributed by atoms with Gasteiger partial charge in [-0.2, -0.15) is 0 Å². The van der Waals surface area contributed by atoms with Crippen LogP contribution in [0, 0.1) is 11.6 Å². The van der Waals surface area contributed by atoms with Gasteiger partial charge in [0.2, 0.25) is 0 Å². The van der Waals surface area contributed by atoms with Gasteiger partial charge in [0, 0.05) is 29.0 Å². The second kappa shape index (κ2) is 7.78. The number of aromatic nitrogens is 1. The number of carbonyl (C=O) groups excluding carboxylic acids is 1. The summed E-state index contributed by atoms with van der Waals surface area (Å²) in [6.07, 6.45) is 1.45. The van der Waals surface area contributed by atoms with Crippen molar-refractivity contribution in [3.8, 4) is 16.9 Å². The van der Waals surface area contributed by atoms with E-state index in [-0.39, 0.29) is 34.0 Å². The Morgan fingerprint density at radius 3 is 2.65 bits per heavy atom. The molecule has 2 heterocycles. The molecule has 1 amide bonds. The van der Waals surface area contributed by atoms with E-state index in [0.717, 1.165) is 12.1 Å². The molecule has 4 rings (SSSR count). The minimum atomic E-state index is -4.48. The zero-order chi connectivity index (χ0) is 22.3. The molecule has 160 valence electrons. The number of benzene rings is 2. The first-order chi connectivity index (χ1) is 14.7. The molecule has 1 aromatic heterocycles. The third kappa shape index (κ3) is 3.79. The molecule has 3 aromatic rings. The molecule has 11 heteroatoms. The molecule has 0 aliphatic carbocycles. The maximum Gasteiger partial charge on any atom is 0.265 e. The van der Waals surface area contributed by atoms with Crippen molar-refractivity contribution in [2.75, 3.05) is 11.8 Å². The minimum absolute atomic E-state index is 0.0683. The maximum absolute atomic E-state index is 14.6. The Balaban J connectivity index is 2.02. The number of ether oxygens (including phenoxy) is 1. The number of sulfonamides is 1. The first-order valence-electron chi connectivity index (χ1n) is 8.83. The molecule has 0 radical (unpaired) electrons. The van der Waals surface area contributed by atoms with E-state index in [1.807, 2.05) is 0 Å². The van der Waals surface area contributed by atoms with Gasteiger partial charge in [0.05, 0.1) is 30.1 Å². The lowest BCUT2D eigenvalue weighted by molar-refractivity contribution is 0.0950. The molecule has 0 atom stereocenters. The molecular weight excluding hydrogens is 452 g/mol. The molecule has 2 aromatic carbocycles. The molecule has 1 aliphatic rings. The molecule has 7 nitrogen and oxygen atoms in total. The van der Waals surface area contributed by atoms with E-state index in [9.17, 15) is 22.0 Å². The highest BCUT2D eigenvalue weighted by molar-refractivity contribution is 7.92. The van der Waals surface area contributed by atoms with Gasteiger partial charge in [-0.25, -0.2) is 17.2 Å². The summed E-state index contributed by atoms with van der Waals surface area (Å²) in [6, 6.07) is 6.97. The number of nitrogens with one attached hydrogen (secondary N) is 2. The van der Waals surface area contributed by atoms with Gasteiger partial charge in [0.15, 0.2) is 5.75 Å². The van der Waals surface area contributed by atoms with Gasteiger partial charge < -0.3 is 10.1 Å². The summed E-state index contributed by atoms with van der Waals surface area (Å²) >= 11 is 6.13. The van der Waals surface area contributed by atoms with E-state index in [0.29, 0.717) is 11.8 Å². The summed E-state index contributed by atoms with van der Waals surface area (Å²) in [5.41, 5.74) is -0.0847. The quantitative estimate of drug-likeness (QED) is 0.570. The van der Waals surface area contributed by atoms with Crippen molar-refractivity contribution in [2.45, 2.75) is 11.4 Å². The zero-order valence-electron chi connectivity index (χ0n) is 15.9.